The first-order valence-corrected chi connectivity index (χ1v) is 5.33. The number of benzene rings is 1. The van der Waals surface area contributed by atoms with Crippen molar-refractivity contribution in [2.75, 3.05) is 0 Å². The van der Waals surface area contributed by atoms with Crippen LogP contribution in [0.5, 0.6) is 5.75 Å². The Balaban J connectivity index is 2.47. The molecular formula is C12H10F2N2O3. The summed E-state index contributed by atoms with van der Waals surface area (Å²) in [7, 11) is 0. The molecule has 7 heteroatoms. The van der Waals surface area contributed by atoms with Crippen molar-refractivity contribution in [2.45, 2.75) is 13.5 Å². The molecule has 0 radical (unpaired) electrons. The highest BCUT2D eigenvalue weighted by molar-refractivity contribution is 5.87. The second kappa shape index (κ2) is 5.05. The highest BCUT2D eigenvalue weighted by Gasteiger charge is 2.17. The summed E-state index contributed by atoms with van der Waals surface area (Å²) >= 11 is 0. The van der Waals surface area contributed by atoms with E-state index >= 15 is 0 Å². The molecule has 2 aromatic rings. The summed E-state index contributed by atoms with van der Waals surface area (Å²) in [6.07, 6.45) is 0. The Morgan fingerprint density at radius 2 is 2.11 bits per heavy atom. The van der Waals surface area contributed by atoms with Gasteiger partial charge in [-0.05, 0) is 19.1 Å². The van der Waals surface area contributed by atoms with Crippen LogP contribution >= 0.6 is 0 Å². The Morgan fingerprint density at radius 3 is 2.68 bits per heavy atom. The Morgan fingerprint density at radius 1 is 1.42 bits per heavy atom. The lowest BCUT2D eigenvalue weighted by molar-refractivity contribution is -0.0494. The lowest BCUT2D eigenvalue weighted by Gasteiger charge is -2.08. The molecule has 1 heterocycles. The number of rotatable bonds is 4. The van der Waals surface area contributed by atoms with Crippen molar-refractivity contribution in [3.63, 3.8) is 0 Å². The summed E-state index contributed by atoms with van der Waals surface area (Å²) in [5, 5.41) is 8.91. The number of para-hydroxylation sites is 1. The molecule has 5 nitrogen and oxygen atoms in total. The van der Waals surface area contributed by atoms with Crippen LogP contribution in [0.15, 0.2) is 24.3 Å². The normalized spacial score (nSPS) is 10.7. The molecule has 0 aliphatic carbocycles. The van der Waals surface area contributed by atoms with Gasteiger partial charge < -0.3 is 14.8 Å². The van der Waals surface area contributed by atoms with Gasteiger partial charge in [0, 0.05) is 5.69 Å². The molecule has 1 aromatic heterocycles. The number of ether oxygens (including phenoxy) is 1. The number of carboxylic acids is 1. The number of aromatic amines is 1. The van der Waals surface area contributed by atoms with Crippen LogP contribution in [0.25, 0.3) is 11.4 Å². The number of halogens is 2. The van der Waals surface area contributed by atoms with Crippen LogP contribution in [0.4, 0.5) is 8.78 Å². The van der Waals surface area contributed by atoms with Gasteiger partial charge in [-0.25, -0.2) is 9.78 Å². The third kappa shape index (κ3) is 2.70. The number of H-pyrrole nitrogens is 1. The molecular weight excluding hydrogens is 258 g/mol. The number of carboxylic acid groups (broad SMARTS) is 1. The van der Waals surface area contributed by atoms with E-state index in [1.54, 1.807) is 6.07 Å². The highest BCUT2D eigenvalue weighted by atomic mass is 19.3. The first kappa shape index (κ1) is 13.0. The van der Waals surface area contributed by atoms with Gasteiger partial charge in [0.15, 0.2) is 5.69 Å². The minimum atomic E-state index is -2.96. The largest absolute Gasteiger partial charge is 0.476 e. The van der Waals surface area contributed by atoms with Gasteiger partial charge in [-0.3, -0.25) is 0 Å². The first-order chi connectivity index (χ1) is 8.99. The van der Waals surface area contributed by atoms with Crippen molar-refractivity contribution in [1.82, 2.24) is 9.97 Å². The van der Waals surface area contributed by atoms with E-state index in [1.807, 2.05) is 0 Å². The summed E-state index contributed by atoms with van der Waals surface area (Å²) in [5.41, 5.74) is 0.467. The van der Waals surface area contributed by atoms with Gasteiger partial charge in [-0.15, -0.1) is 0 Å². The van der Waals surface area contributed by atoms with Crippen molar-refractivity contribution >= 4 is 5.97 Å². The number of nitrogens with one attached hydrogen (secondary N) is 1. The predicted molar refractivity (Wildman–Crippen MR) is 62.4 cm³/mol. The van der Waals surface area contributed by atoms with Gasteiger partial charge in [0.25, 0.3) is 0 Å². The Kier molecular flexibility index (Phi) is 3.46. The van der Waals surface area contributed by atoms with Gasteiger partial charge in [0.05, 0.1) is 5.56 Å². The molecule has 2 rings (SSSR count). The van der Waals surface area contributed by atoms with E-state index in [0.717, 1.165) is 0 Å². The predicted octanol–water partition coefficient (Wildman–Crippen LogP) is 2.68. The number of aromatic carboxylic acids is 1. The fourth-order valence-corrected chi connectivity index (χ4v) is 1.66. The molecule has 0 saturated carbocycles. The maximum atomic E-state index is 12.3. The van der Waals surface area contributed by atoms with Gasteiger partial charge in [-0.1, -0.05) is 12.1 Å². The maximum Gasteiger partial charge on any atom is 0.387 e. The molecule has 0 fully saturated rings. The number of imidazole rings is 1. The topological polar surface area (TPSA) is 75.2 Å². The van der Waals surface area contributed by atoms with Gasteiger partial charge in [0.1, 0.15) is 11.6 Å². The number of carbonyl (C=O) groups is 1. The third-order valence-electron chi connectivity index (χ3n) is 2.45. The molecule has 1 aromatic carbocycles. The van der Waals surface area contributed by atoms with Crippen LogP contribution in [0.3, 0.4) is 0 Å². The molecule has 100 valence electrons. The molecule has 0 spiro atoms. The van der Waals surface area contributed by atoms with Crippen LogP contribution in [0.2, 0.25) is 0 Å². The van der Waals surface area contributed by atoms with Crippen LogP contribution in [0, 0.1) is 6.92 Å². The van der Waals surface area contributed by atoms with Crippen molar-refractivity contribution in [1.29, 1.82) is 0 Å². The van der Waals surface area contributed by atoms with Crippen LogP contribution in [-0.2, 0) is 0 Å². The van der Waals surface area contributed by atoms with E-state index < -0.39 is 12.6 Å². The van der Waals surface area contributed by atoms with Gasteiger partial charge in [-0.2, -0.15) is 8.78 Å². The van der Waals surface area contributed by atoms with E-state index in [9.17, 15) is 13.6 Å². The molecule has 0 amide bonds. The molecule has 0 atom stereocenters. The third-order valence-corrected chi connectivity index (χ3v) is 2.45. The van der Waals surface area contributed by atoms with Crippen LogP contribution in [0.1, 0.15) is 16.2 Å². The van der Waals surface area contributed by atoms with Crippen molar-refractivity contribution in [3.8, 4) is 17.1 Å². The lowest BCUT2D eigenvalue weighted by atomic mass is 10.2. The standard InChI is InChI=1S/C12H10F2N2O3/c1-6-9(11(17)18)16-10(15-6)7-4-2-3-5-8(7)19-12(13)14/h2-5,12H,1H3,(H,15,16)(H,17,18). The molecule has 0 bridgehead atoms. The number of nitrogens with zero attached hydrogens (tertiary/aromatic N) is 1. The summed E-state index contributed by atoms with van der Waals surface area (Å²) in [4.78, 5) is 17.5. The zero-order valence-electron chi connectivity index (χ0n) is 9.85. The smallest absolute Gasteiger partial charge is 0.387 e. The Bertz CT molecular complexity index is 611. The van der Waals surface area contributed by atoms with Crippen LogP contribution in [-0.4, -0.2) is 27.7 Å². The van der Waals surface area contributed by atoms with E-state index in [1.165, 1.54) is 25.1 Å². The minimum Gasteiger partial charge on any atom is -0.476 e. The zero-order valence-corrected chi connectivity index (χ0v) is 9.85. The second-order valence-electron chi connectivity index (χ2n) is 3.74. The molecule has 0 aliphatic rings. The number of hydrogen-bond acceptors (Lipinski definition) is 3. The summed E-state index contributed by atoms with van der Waals surface area (Å²) in [6.45, 7) is -1.42. The highest BCUT2D eigenvalue weighted by Crippen LogP contribution is 2.29. The second-order valence-corrected chi connectivity index (χ2v) is 3.74. The minimum absolute atomic E-state index is 0.0665. The maximum absolute atomic E-state index is 12.3. The number of aryl methyl sites for hydroxylation is 1. The zero-order chi connectivity index (χ0) is 14.0. The van der Waals surface area contributed by atoms with E-state index in [4.69, 9.17) is 5.11 Å². The van der Waals surface area contributed by atoms with Crippen molar-refractivity contribution in [3.05, 3.63) is 35.7 Å². The molecule has 0 saturated heterocycles. The van der Waals surface area contributed by atoms with E-state index in [0.29, 0.717) is 5.69 Å². The SMILES string of the molecule is Cc1[nH]c(-c2ccccc2OC(F)F)nc1C(=O)O. The van der Waals surface area contributed by atoms with Crippen LogP contribution < -0.4 is 4.74 Å². The average Bonchev–Trinajstić information content (AvgIpc) is 2.71. The summed E-state index contributed by atoms with van der Waals surface area (Å²) < 4.78 is 28.9. The van der Waals surface area contributed by atoms with Crippen molar-refractivity contribution < 1.29 is 23.4 Å². The number of aromatic nitrogens is 2. The summed E-state index contributed by atoms with van der Waals surface area (Å²) in [6, 6.07) is 6.03. The molecule has 0 unspecified atom stereocenters. The van der Waals surface area contributed by atoms with E-state index in [2.05, 4.69) is 14.7 Å². The lowest BCUT2D eigenvalue weighted by Crippen LogP contribution is -2.03. The quantitative estimate of drug-likeness (QED) is 0.893. The monoisotopic (exact) mass is 268 g/mol. The molecule has 2 N–H and O–H groups in total. The fraction of sp³-hybridized carbons (Fsp3) is 0.167. The Hall–Kier alpha value is -2.44. The summed E-state index contributed by atoms with van der Waals surface area (Å²) in [5.74, 6) is -1.08. The van der Waals surface area contributed by atoms with E-state index in [-0.39, 0.29) is 22.8 Å². The van der Waals surface area contributed by atoms with Gasteiger partial charge in [0.2, 0.25) is 0 Å². The number of alkyl halides is 2. The fourth-order valence-electron chi connectivity index (χ4n) is 1.66. The van der Waals surface area contributed by atoms with Crippen molar-refractivity contribution in [2.24, 2.45) is 0 Å². The first-order valence-electron chi connectivity index (χ1n) is 5.33. The number of hydrogen-bond donors (Lipinski definition) is 2. The Labute approximate surface area is 106 Å². The molecule has 19 heavy (non-hydrogen) atoms. The average molecular weight is 268 g/mol. The molecule has 0 aliphatic heterocycles. The van der Waals surface area contributed by atoms with Gasteiger partial charge >= 0.3 is 12.6 Å².